The predicted octanol–water partition coefficient (Wildman–Crippen LogP) is 4.36. The zero-order valence-corrected chi connectivity index (χ0v) is 11.8. The molecule has 0 aromatic carbocycles. The van der Waals surface area contributed by atoms with Crippen molar-refractivity contribution in [3.63, 3.8) is 0 Å². The van der Waals surface area contributed by atoms with Crippen molar-refractivity contribution in [1.29, 1.82) is 0 Å². The molecular formula is C16H31N. The molecule has 1 atom stereocenters. The smallest absolute Gasteiger partial charge is 0.00956 e. The highest BCUT2D eigenvalue weighted by Gasteiger charge is 2.31. The van der Waals surface area contributed by atoms with Gasteiger partial charge in [0.2, 0.25) is 0 Å². The van der Waals surface area contributed by atoms with E-state index in [0.717, 1.165) is 23.7 Å². The zero-order valence-electron chi connectivity index (χ0n) is 11.8. The Labute approximate surface area is 108 Å². The summed E-state index contributed by atoms with van der Waals surface area (Å²) < 4.78 is 0. The summed E-state index contributed by atoms with van der Waals surface area (Å²) in [6.07, 6.45) is 12.7. The maximum Gasteiger partial charge on any atom is 0.00956 e. The van der Waals surface area contributed by atoms with E-state index in [1.54, 1.807) is 0 Å². The summed E-state index contributed by atoms with van der Waals surface area (Å²) >= 11 is 0. The van der Waals surface area contributed by atoms with Gasteiger partial charge in [-0.1, -0.05) is 46.0 Å². The fourth-order valence-corrected chi connectivity index (χ4v) is 4.04. The first-order valence-electron chi connectivity index (χ1n) is 7.96. The molecule has 0 saturated heterocycles. The molecule has 0 amide bonds. The lowest BCUT2D eigenvalue weighted by Gasteiger charge is -2.38. The van der Waals surface area contributed by atoms with Gasteiger partial charge in [0.05, 0.1) is 0 Å². The molecule has 0 heterocycles. The van der Waals surface area contributed by atoms with Crippen LogP contribution >= 0.6 is 0 Å². The molecule has 1 nitrogen and oxygen atoms in total. The fourth-order valence-electron chi connectivity index (χ4n) is 4.04. The predicted molar refractivity (Wildman–Crippen MR) is 74.8 cm³/mol. The van der Waals surface area contributed by atoms with Crippen LogP contribution in [-0.2, 0) is 0 Å². The van der Waals surface area contributed by atoms with E-state index < -0.39 is 0 Å². The van der Waals surface area contributed by atoms with Crippen LogP contribution < -0.4 is 5.73 Å². The molecule has 2 aliphatic rings. The summed E-state index contributed by atoms with van der Waals surface area (Å²) in [5, 5.41) is 0. The van der Waals surface area contributed by atoms with Crippen molar-refractivity contribution in [3.8, 4) is 0 Å². The highest BCUT2D eigenvalue weighted by atomic mass is 14.7. The van der Waals surface area contributed by atoms with E-state index in [1.807, 2.05) is 0 Å². The first-order valence-corrected chi connectivity index (χ1v) is 7.96. The van der Waals surface area contributed by atoms with Crippen molar-refractivity contribution in [3.05, 3.63) is 0 Å². The molecule has 17 heavy (non-hydrogen) atoms. The third kappa shape index (κ3) is 3.47. The van der Waals surface area contributed by atoms with Gasteiger partial charge in [0.1, 0.15) is 0 Å². The SMILES string of the molecule is CCC1CCC(C(N)C2CCC(C)CC2)CC1. The largest absolute Gasteiger partial charge is 0.327 e. The number of nitrogens with two attached hydrogens (primary N) is 1. The zero-order chi connectivity index (χ0) is 12.3. The van der Waals surface area contributed by atoms with Crippen LogP contribution in [-0.4, -0.2) is 6.04 Å². The molecule has 1 heteroatoms. The number of rotatable bonds is 3. The van der Waals surface area contributed by atoms with Crippen molar-refractivity contribution in [2.45, 2.75) is 77.7 Å². The van der Waals surface area contributed by atoms with Crippen molar-refractivity contribution >= 4 is 0 Å². The topological polar surface area (TPSA) is 26.0 Å². The molecule has 2 aliphatic carbocycles. The van der Waals surface area contributed by atoms with Gasteiger partial charge in [-0.2, -0.15) is 0 Å². The molecule has 2 saturated carbocycles. The Morgan fingerprint density at radius 1 is 0.882 bits per heavy atom. The Bertz CT molecular complexity index is 210. The minimum Gasteiger partial charge on any atom is -0.327 e. The minimum absolute atomic E-state index is 0.514. The summed E-state index contributed by atoms with van der Waals surface area (Å²) in [6, 6.07) is 0.514. The van der Waals surface area contributed by atoms with Crippen LogP contribution in [0, 0.1) is 23.7 Å². The van der Waals surface area contributed by atoms with E-state index in [1.165, 1.54) is 57.8 Å². The summed E-state index contributed by atoms with van der Waals surface area (Å²) in [6.45, 7) is 4.74. The second-order valence-corrected chi connectivity index (χ2v) is 6.79. The Morgan fingerprint density at radius 2 is 1.35 bits per heavy atom. The third-order valence-corrected chi connectivity index (χ3v) is 5.62. The van der Waals surface area contributed by atoms with E-state index in [9.17, 15) is 0 Å². The van der Waals surface area contributed by atoms with Crippen LogP contribution in [0.3, 0.4) is 0 Å². The van der Waals surface area contributed by atoms with Gasteiger partial charge >= 0.3 is 0 Å². The van der Waals surface area contributed by atoms with Crippen LogP contribution in [0.5, 0.6) is 0 Å². The van der Waals surface area contributed by atoms with Crippen LogP contribution in [0.1, 0.15) is 71.6 Å². The van der Waals surface area contributed by atoms with E-state index in [4.69, 9.17) is 5.73 Å². The van der Waals surface area contributed by atoms with Crippen molar-refractivity contribution in [2.24, 2.45) is 29.4 Å². The number of hydrogen-bond acceptors (Lipinski definition) is 1. The Hall–Kier alpha value is -0.0400. The average Bonchev–Trinajstić information content (AvgIpc) is 2.39. The molecule has 0 radical (unpaired) electrons. The molecule has 0 spiro atoms. The summed E-state index contributed by atoms with van der Waals surface area (Å²) in [7, 11) is 0. The van der Waals surface area contributed by atoms with Gasteiger partial charge in [-0.05, 0) is 49.4 Å². The van der Waals surface area contributed by atoms with Crippen molar-refractivity contribution < 1.29 is 0 Å². The molecule has 2 fully saturated rings. The quantitative estimate of drug-likeness (QED) is 0.775. The van der Waals surface area contributed by atoms with Gasteiger partial charge in [0.15, 0.2) is 0 Å². The molecule has 0 bridgehead atoms. The summed E-state index contributed by atoms with van der Waals surface area (Å²) in [5.41, 5.74) is 6.56. The molecule has 0 aliphatic heterocycles. The lowest BCUT2D eigenvalue weighted by molar-refractivity contribution is 0.164. The van der Waals surface area contributed by atoms with Crippen LogP contribution in [0.15, 0.2) is 0 Å². The maximum absolute atomic E-state index is 6.56. The van der Waals surface area contributed by atoms with Crippen molar-refractivity contribution in [2.75, 3.05) is 0 Å². The first kappa shape index (κ1) is 13.4. The van der Waals surface area contributed by atoms with E-state index in [2.05, 4.69) is 13.8 Å². The summed E-state index contributed by atoms with van der Waals surface area (Å²) in [4.78, 5) is 0. The van der Waals surface area contributed by atoms with Crippen LogP contribution in [0.25, 0.3) is 0 Å². The third-order valence-electron chi connectivity index (χ3n) is 5.62. The van der Waals surface area contributed by atoms with Gasteiger partial charge < -0.3 is 5.73 Å². The number of hydrogen-bond donors (Lipinski definition) is 1. The average molecular weight is 237 g/mol. The van der Waals surface area contributed by atoms with Crippen LogP contribution in [0.4, 0.5) is 0 Å². The van der Waals surface area contributed by atoms with Crippen molar-refractivity contribution in [1.82, 2.24) is 0 Å². The Kier molecular flexibility index (Phi) is 4.90. The Balaban J connectivity index is 1.78. The molecule has 2 N–H and O–H groups in total. The van der Waals surface area contributed by atoms with E-state index >= 15 is 0 Å². The summed E-state index contributed by atoms with van der Waals surface area (Å²) in [5.74, 6) is 3.64. The van der Waals surface area contributed by atoms with Gasteiger partial charge in [-0.3, -0.25) is 0 Å². The molecule has 1 unspecified atom stereocenters. The monoisotopic (exact) mass is 237 g/mol. The van der Waals surface area contributed by atoms with Gasteiger partial charge in [0, 0.05) is 6.04 Å². The first-order chi connectivity index (χ1) is 8.20. The van der Waals surface area contributed by atoms with Gasteiger partial charge in [-0.25, -0.2) is 0 Å². The van der Waals surface area contributed by atoms with Gasteiger partial charge in [0.25, 0.3) is 0 Å². The molecule has 0 aromatic heterocycles. The second kappa shape index (κ2) is 6.22. The lowest BCUT2D eigenvalue weighted by Crippen LogP contribution is -2.40. The Morgan fingerprint density at radius 3 is 1.82 bits per heavy atom. The molecule has 0 aromatic rings. The molecule has 100 valence electrons. The minimum atomic E-state index is 0.514. The lowest BCUT2D eigenvalue weighted by atomic mass is 9.70. The van der Waals surface area contributed by atoms with E-state index in [0.29, 0.717) is 6.04 Å². The fraction of sp³-hybridized carbons (Fsp3) is 1.00. The van der Waals surface area contributed by atoms with Crippen LogP contribution in [0.2, 0.25) is 0 Å². The maximum atomic E-state index is 6.56. The standard InChI is InChI=1S/C16H31N/c1-3-13-6-10-15(11-7-13)16(17)14-8-4-12(2)5-9-14/h12-16H,3-11,17H2,1-2H3. The second-order valence-electron chi connectivity index (χ2n) is 6.79. The normalized spacial score (nSPS) is 41.1. The molecular weight excluding hydrogens is 206 g/mol. The van der Waals surface area contributed by atoms with Gasteiger partial charge in [-0.15, -0.1) is 0 Å². The molecule has 2 rings (SSSR count). The highest BCUT2D eigenvalue weighted by molar-refractivity contribution is 4.86. The highest BCUT2D eigenvalue weighted by Crippen LogP contribution is 2.38. The van der Waals surface area contributed by atoms with E-state index in [-0.39, 0.29) is 0 Å².